The first-order valence-corrected chi connectivity index (χ1v) is 8.76. The SMILES string of the molecule is Cc1ccccc1-c1nc(Nc2ccc(N)c(C=N)c2)c2c(F)cccc2n1. The quantitative estimate of drug-likeness (QED) is 0.345. The molecule has 3 aromatic carbocycles. The van der Waals surface area contributed by atoms with Crippen LogP contribution in [0.3, 0.4) is 0 Å². The molecule has 0 radical (unpaired) electrons. The average Bonchev–Trinajstić information content (AvgIpc) is 2.69. The van der Waals surface area contributed by atoms with E-state index >= 15 is 0 Å². The Hall–Kier alpha value is -3.80. The van der Waals surface area contributed by atoms with E-state index in [1.165, 1.54) is 12.3 Å². The molecule has 6 heteroatoms. The summed E-state index contributed by atoms with van der Waals surface area (Å²) in [5.74, 6) is 0.475. The van der Waals surface area contributed by atoms with Crippen molar-refractivity contribution in [3.63, 3.8) is 0 Å². The number of nitrogens with two attached hydrogens (primary N) is 1. The molecule has 0 unspecified atom stereocenters. The monoisotopic (exact) mass is 371 g/mol. The molecule has 28 heavy (non-hydrogen) atoms. The second-order valence-corrected chi connectivity index (χ2v) is 6.46. The fourth-order valence-corrected chi connectivity index (χ4v) is 3.09. The van der Waals surface area contributed by atoms with Crippen LogP contribution < -0.4 is 11.1 Å². The van der Waals surface area contributed by atoms with Gasteiger partial charge in [0.2, 0.25) is 0 Å². The summed E-state index contributed by atoms with van der Waals surface area (Å²) in [5, 5.41) is 11.0. The highest BCUT2D eigenvalue weighted by Gasteiger charge is 2.14. The largest absolute Gasteiger partial charge is 0.398 e. The molecule has 0 bridgehead atoms. The second kappa shape index (κ2) is 7.08. The van der Waals surface area contributed by atoms with Gasteiger partial charge in [-0.25, -0.2) is 14.4 Å². The molecular weight excluding hydrogens is 353 g/mol. The summed E-state index contributed by atoms with van der Waals surface area (Å²) in [7, 11) is 0. The number of aryl methyl sites for hydroxylation is 1. The molecule has 0 aliphatic rings. The minimum atomic E-state index is -0.404. The van der Waals surface area contributed by atoms with E-state index in [2.05, 4.69) is 15.3 Å². The van der Waals surface area contributed by atoms with Crippen molar-refractivity contribution in [2.24, 2.45) is 0 Å². The number of rotatable bonds is 4. The van der Waals surface area contributed by atoms with Crippen LogP contribution in [0, 0.1) is 18.2 Å². The van der Waals surface area contributed by atoms with E-state index in [1.807, 2.05) is 31.2 Å². The Kier molecular flexibility index (Phi) is 4.45. The van der Waals surface area contributed by atoms with E-state index in [0.29, 0.717) is 39.5 Å². The highest BCUT2D eigenvalue weighted by Crippen LogP contribution is 2.30. The Morgan fingerprint density at radius 2 is 1.86 bits per heavy atom. The van der Waals surface area contributed by atoms with E-state index in [-0.39, 0.29) is 0 Å². The zero-order valence-corrected chi connectivity index (χ0v) is 15.2. The van der Waals surface area contributed by atoms with Crippen LogP contribution >= 0.6 is 0 Å². The molecule has 0 saturated carbocycles. The van der Waals surface area contributed by atoms with Crippen molar-refractivity contribution in [3.05, 3.63) is 77.6 Å². The maximum absolute atomic E-state index is 14.6. The number of nitrogens with zero attached hydrogens (tertiary/aromatic N) is 2. The molecule has 1 aromatic heterocycles. The number of benzene rings is 3. The molecule has 138 valence electrons. The lowest BCUT2D eigenvalue weighted by Crippen LogP contribution is -2.02. The predicted molar refractivity (Wildman–Crippen MR) is 112 cm³/mol. The van der Waals surface area contributed by atoms with Crippen LogP contribution in [0.4, 0.5) is 21.6 Å². The van der Waals surface area contributed by atoms with Gasteiger partial charge in [0.15, 0.2) is 5.82 Å². The van der Waals surface area contributed by atoms with Crippen LogP contribution in [-0.4, -0.2) is 16.2 Å². The lowest BCUT2D eigenvalue weighted by Gasteiger charge is -2.13. The highest BCUT2D eigenvalue weighted by molar-refractivity contribution is 5.94. The third-order valence-electron chi connectivity index (χ3n) is 4.56. The van der Waals surface area contributed by atoms with Gasteiger partial charge in [-0.2, -0.15) is 0 Å². The van der Waals surface area contributed by atoms with Crippen molar-refractivity contribution in [3.8, 4) is 11.4 Å². The zero-order chi connectivity index (χ0) is 19.7. The number of hydrogen-bond donors (Lipinski definition) is 3. The Bertz CT molecular complexity index is 1200. The number of hydrogen-bond acceptors (Lipinski definition) is 5. The van der Waals surface area contributed by atoms with E-state index in [0.717, 1.165) is 11.1 Å². The first-order valence-electron chi connectivity index (χ1n) is 8.76. The van der Waals surface area contributed by atoms with Crippen molar-refractivity contribution in [2.75, 3.05) is 11.1 Å². The Morgan fingerprint density at radius 1 is 1.04 bits per heavy atom. The molecule has 0 amide bonds. The van der Waals surface area contributed by atoms with Crippen molar-refractivity contribution in [2.45, 2.75) is 6.92 Å². The fraction of sp³-hybridized carbons (Fsp3) is 0.0455. The Morgan fingerprint density at radius 3 is 2.64 bits per heavy atom. The van der Waals surface area contributed by atoms with Gasteiger partial charge in [-0.05, 0) is 42.8 Å². The highest BCUT2D eigenvalue weighted by atomic mass is 19.1. The first kappa shape index (κ1) is 17.6. The molecule has 1 heterocycles. The number of nitrogen functional groups attached to an aromatic ring is 1. The summed E-state index contributed by atoms with van der Waals surface area (Å²) in [6, 6.07) is 17.8. The van der Waals surface area contributed by atoms with E-state index < -0.39 is 5.82 Å². The van der Waals surface area contributed by atoms with Crippen molar-refractivity contribution in [1.82, 2.24) is 9.97 Å². The summed E-state index contributed by atoms with van der Waals surface area (Å²) in [4.78, 5) is 9.19. The van der Waals surface area contributed by atoms with Gasteiger partial charge in [-0.15, -0.1) is 0 Å². The van der Waals surface area contributed by atoms with Crippen molar-refractivity contribution < 1.29 is 4.39 Å². The third-order valence-corrected chi connectivity index (χ3v) is 4.56. The van der Waals surface area contributed by atoms with Gasteiger partial charge in [0.05, 0.1) is 10.9 Å². The van der Waals surface area contributed by atoms with Gasteiger partial charge in [0.1, 0.15) is 11.6 Å². The van der Waals surface area contributed by atoms with E-state index in [1.54, 1.807) is 30.3 Å². The molecule has 0 spiro atoms. The summed E-state index contributed by atoms with van der Waals surface area (Å²) in [6.07, 6.45) is 1.18. The fourth-order valence-electron chi connectivity index (χ4n) is 3.09. The van der Waals surface area contributed by atoms with Crippen LogP contribution in [0.5, 0.6) is 0 Å². The number of halogens is 1. The van der Waals surface area contributed by atoms with Crippen LogP contribution in [0.2, 0.25) is 0 Å². The number of aromatic nitrogens is 2. The molecule has 0 aliphatic carbocycles. The molecule has 0 atom stereocenters. The summed E-state index contributed by atoms with van der Waals surface area (Å²) in [5.41, 5.74) is 10.0. The third kappa shape index (κ3) is 3.16. The minimum absolute atomic E-state index is 0.313. The van der Waals surface area contributed by atoms with Crippen LogP contribution in [0.1, 0.15) is 11.1 Å². The van der Waals surface area contributed by atoms with Gasteiger partial charge < -0.3 is 16.5 Å². The van der Waals surface area contributed by atoms with Gasteiger partial charge in [-0.1, -0.05) is 30.3 Å². The maximum Gasteiger partial charge on any atom is 0.162 e. The smallest absolute Gasteiger partial charge is 0.162 e. The molecule has 0 aliphatic heterocycles. The molecule has 4 rings (SSSR count). The van der Waals surface area contributed by atoms with Gasteiger partial charge in [0.25, 0.3) is 0 Å². The van der Waals surface area contributed by atoms with Crippen LogP contribution in [0.15, 0.2) is 60.7 Å². The average molecular weight is 371 g/mol. The molecule has 0 fully saturated rings. The van der Waals surface area contributed by atoms with Crippen LogP contribution in [-0.2, 0) is 0 Å². The van der Waals surface area contributed by atoms with Gasteiger partial charge in [0, 0.05) is 28.7 Å². The second-order valence-electron chi connectivity index (χ2n) is 6.46. The standard InChI is InChI=1S/C22H18FN5/c1-13-5-2-3-6-16(13)21-27-19-8-4-7-17(23)20(19)22(28-21)26-15-9-10-18(25)14(11-15)12-24/h2-12,24H,25H2,1H3,(H,26,27,28). The first-order chi connectivity index (χ1) is 13.6. The van der Waals surface area contributed by atoms with E-state index in [4.69, 9.17) is 11.1 Å². The van der Waals surface area contributed by atoms with Crippen molar-refractivity contribution in [1.29, 1.82) is 5.41 Å². The van der Waals surface area contributed by atoms with Gasteiger partial charge >= 0.3 is 0 Å². The predicted octanol–water partition coefficient (Wildman–Crippen LogP) is 5.07. The maximum atomic E-state index is 14.6. The molecule has 0 saturated heterocycles. The van der Waals surface area contributed by atoms with Crippen LogP contribution in [0.25, 0.3) is 22.3 Å². The molecule has 4 aromatic rings. The van der Waals surface area contributed by atoms with Crippen molar-refractivity contribution >= 4 is 34.3 Å². The zero-order valence-electron chi connectivity index (χ0n) is 15.2. The number of nitrogens with one attached hydrogen (secondary N) is 2. The topological polar surface area (TPSA) is 87.7 Å². The Labute approximate surface area is 161 Å². The summed E-state index contributed by atoms with van der Waals surface area (Å²) < 4.78 is 14.6. The lowest BCUT2D eigenvalue weighted by atomic mass is 10.1. The number of anilines is 3. The summed E-state index contributed by atoms with van der Waals surface area (Å²) in [6.45, 7) is 1.98. The summed E-state index contributed by atoms with van der Waals surface area (Å²) >= 11 is 0. The lowest BCUT2D eigenvalue weighted by molar-refractivity contribution is 0.639. The van der Waals surface area contributed by atoms with E-state index in [9.17, 15) is 4.39 Å². The minimum Gasteiger partial charge on any atom is -0.398 e. The molecule has 5 nitrogen and oxygen atoms in total. The normalized spacial score (nSPS) is 10.8. The van der Waals surface area contributed by atoms with Gasteiger partial charge in [-0.3, -0.25) is 0 Å². The molecule has 4 N–H and O–H groups in total. The Balaban J connectivity index is 1.91. The number of fused-ring (bicyclic) bond motifs is 1. The molecular formula is C22H18FN5.